The molecule has 0 heterocycles. The highest BCUT2D eigenvalue weighted by molar-refractivity contribution is 5.85. The van der Waals surface area contributed by atoms with Crippen LogP contribution in [-0.2, 0) is 4.79 Å². The Bertz CT molecular complexity index is 175. The summed E-state index contributed by atoms with van der Waals surface area (Å²) in [4.78, 5) is 11.3. The second kappa shape index (κ2) is 6.00. The lowest BCUT2D eigenvalue weighted by Crippen LogP contribution is -3.00. The Labute approximate surface area is 87.0 Å². The van der Waals surface area contributed by atoms with E-state index in [1.807, 2.05) is 21.1 Å². The summed E-state index contributed by atoms with van der Waals surface area (Å²) in [6.45, 7) is 6.30. The van der Waals surface area contributed by atoms with Crippen LogP contribution < -0.4 is 12.4 Å². The summed E-state index contributed by atoms with van der Waals surface area (Å²) in [5.74, 6) is -0.00986. The SMILES string of the molecule is C=CC(=O)N(CCC)[N+](C)(C)C.[Cl-]. The molecular formula is C9H19ClN2O. The second-order valence-corrected chi connectivity index (χ2v) is 3.61. The number of amides is 1. The molecule has 4 heteroatoms. The number of rotatable bonds is 4. The average Bonchev–Trinajstić information content (AvgIpc) is 1.96. The summed E-state index contributed by atoms with van der Waals surface area (Å²) in [7, 11) is 5.91. The topological polar surface area (TPSA) is 20.3 Å². The van der Waals surface area contributed by atoms with Crippen LogP contribution in [0, 0.1) is 0 Å². The van der Waals surface area contributed by atoms with Gasteiger partial charge in [0.1, 0.15) is 0 Å². The Morgan fingerprint density at radius 3 is 2.15 bits per heavy atom. The van der Waals surface area contributed by atoms with Gasteiger partial charge >= 0.3 is 0 Å². The second-order valence-electron chi connectivity index (χ2n) is 3.61. The summed E-state index contributed by atoms with van der Waals surface area (Å²) < 4.78 is 0.526. The molecule has 0 aromatic rings. The molecule has 0 aromatic carbocycles. The maximum absolute atomic E-state index is 11.3. The number of carbonyl (C=O) groups excluding carboxylic acids is 1. The van der Waals surface area contributed by atoms with E-state index in [0.717, 1.165) is 13.0 Å². The number of hydrogen-bond acceptors (Lipinski definition) is 1. The largest absolute Gasteiger partial charge is 1.00 e. The van der Waals surface area contributed by atoms with E-state index in [1.165, 1.54) is 6.08 Å². The van der Waals surface area contributed by atoms with E-state index in [1.54, 1.807) is 5.01 Å². The quantitative estimate of drug-likeness (QED) is 0.297. The number of carbonyl (C=O) groups is 1. The number of halogens is 1. The van der Waals surface area contributed by atoms with E-state index >= 15 is 0 Å². The average molecular weight is 207 g/mol. The smallest absolute Gasteiger partial charge is 0.290 e. The minimum atomic E-state index is -0.00986. The van der Waals surface area contributed by atoms with Crippen molar-refractivity contribution in [3.05, 3.63) is 12.7 Å². The summed E-state index contributed by atoms with van der Waals surface area (Å²) in [5.41, 5.74) is 0. The van der Waals surface area contributed by atoms with Gasteiger partial charge in [-0.2, -0.15) is 5.01 Å². The fourth-order valence-corrected chi connectivity index (χ4v) is 1.02. The van der Waals surface area contributed by atoms with Gasteiger partial charge in [-0.05, 0) is 6.42 Å². The van der Waals surface area contributed by atoms with Crippen molar-refractivity contribution >= 4 is 5.91 Å². The van der Waals surface area contributed by atoms with Gasteiger partial charge in [-0.25, -0.2) is 4.59 Å². The zero-order chi connectivity index (χ0) is 9.78. The van der Waals surface area contributed by atoms with Crippen LogP contribution in [0.3, 0.4) is 0 Å². The minimum absolute atomic E-state index is 0. The number of hydrogen-bond donors (Lipinski definition) is 0. The zero-order valence-corrected chi connectivity index (χ0v) is 9.64. The first-order valence-corrected chi connectivity index (χ1v) is 4.19. The molecule has 3 nitrogen and oxygen atoms in total. The number of quaternary nitrogens is 1. The molecular weight excluding hydrogens is 188 g/mol. The van der Waals surface area contributed by atoms with Crippen LogP contribution in [-0.4, -0.2) is 43.2 Å². The van der Waals surface area contributed by atoms with E-state index in [2.05, 4.69) is 13.5 Å². The van der Waals surface area contributed by atoms with Crippen LogP contribution in [0.15, 0.2) is 12.7 Å². The van der Waals surface area contributed by atoms with Gasteiger partial charge in [-0.3, -0.25) is 4.79 Å². The standard InChI is InChI=1S/C9H19N2O.ClH/c1-6-8-10(9(12)7-2)11(3,4)5;/h7H,2,6,8H2,1,3-5H3;1H/q+1;/p-1. The van der Waals surface area contributed by atoms with Gasteiger partial charge in [-0.15, -0.1) is 0 Å². The van der Waals surface area contributed by atoms with Crippen LogP contribution in [0.5, 0.6) is 0 Å². The van der Waals surface area contributed by atoms with Gasteiger partial charge in [0.15, 0.2) is 0 Å². The molecule has 0 radical (unpaired) electrons. The number of nitrogens with zero attached hydrogens (tertiary/aromatic N) is 2. The summed E-state index contributed by atoms with van der Waals surface area (Å²) in [5, 5.41) is 1.77. The highest BCUT2D eigenvalue weighted by Gasteiger charge is 2.23. The molecule has 0 N–H and O–H groups in total. The Hall–Kier alpha value is -0.540. The monoisotopic (exact) mass is 206 g/mol. The van der Waals surface area contributed by atoms with E-state index in [9.17, 15) is 4.79 Å². The zero-order valence-electron chi connectivity index (χ0n) is 8.88. The van der Waals surface area contributed by atoms with Crippen molar-refractivity contribution in [3.63, 3.8) is 0 Å². The summed E-state index contributed by atoms with van der Waals surface area (Å²) in [6.07, 6.45) is 2.33. The lowest BCUT2D eigenvalue weighted by Gasteiger charge is -2.35. The van der Waals surface area contributed by atoms with E-state index < -0.39 is 0 Å². The van der Waals surface area contributed by atoms with Crippen LogP contribution >= 0.6 is 0 Å². The third kappa shape index (κ3) is 4.90. The van der Waals surface area contributed by atoms with E-state index in [-0.39, 0.29) is 18.3 Å². The molecule has 0 unspecified atom stereocenters. The molecule has 0 saturated heterocycles. The van der Waals surface area contributed by atoms with Crippen molar-refractivity contribution in [1.29, 1.82) is 0 Å². The summed E-state index contributed by atoms with van der Waals surface area (Å²) >= 11 is 0. The van der Waals surface area contributed by atoms with Crippen molar-refractivity contribution in [3.8, 4) is 0 Å². The van der Waals surface area contributed by atoms with E-state index in [4.69, 9.17) is 0 Å². The molecule has 0 atom stereocenters. The molecule has 0 aliphatic heterocycles. The Morgan fingerprint density at radius 1 is 1.46 bits per heavy atom. The molecule has 0 spiro atoms. The van der Waals surface area contributed by atoms with Gasteiger partial charge in [0.25, 0.3) is 5.91 Å². The van der Waals surface area contributed by atoms with Crippen molar-refractivity contribution < 1.29 is 21.8 Å². The third-order valence-corrected chi connectivity index (χ3v) is 1.59. The minimum Gasteiger partial charge on any atom is -1.00 e. The summed E-state index contributed by atoms with van der Waals surface area (Å²) in [6, 6.07) is 0. The Morgan fingerprint density at radius 2 is 1.92 bits per heavy atom. The van der Waals surface area contributed by atoms with Gasteiger partial charge in [0.2, 0.25) is 0 Å². The maximum atomic E-state index is 11.3. The van der Waals surface area contributed by atoms with Crippen LogP contribution in [0.4, 0.5) is 0 Å². The van der Waals surface area contributed by atoms with Crippen molar-refractivity contribution in [1.82, 2.24) is 5.01 Å². The Balaban J connectivity index is 0. The molecule has 13 heavy (non-hydrogen) atoms. The van der Waals surface area contributed by atoms with Crippen LogP contribution in [0.25, 0.3) is 0 Å². The van der Waals surface area contributed by atoms with Crippen LogP contribution in [0.1, 0.15) is 13.3 Å². The van der Waals surface area contributed by atoms with Crippen molar-refractivity contribution in [2.45, 2.75) is 13.3 Å². The maximum Gasteiger partial charge on any atom is 0.290 e. The van der Waals surface area contributed by atoms with Gasteiger partial charge in [0, 0.05) is 6.08 Å². The first-order chi connectivity index (χ1) is 5.43. The van der Waals surface area contributed by atoms with Gasteiger partial charge < -0.3 is 12.4 Å². The molecule has 0 aliphatic carbocycles. The molecule has 1 amide bonds. The molecule has 0 bridgehead atoms. The highest BCUT2D eigenvalue weighted by Crippen LogP contribution is 2.03. The highest BCUT2D eigenvalue weighted by atomic mass is 35.5. The fourth-order valence-electron chi connectivity index (χ4n) is 1.02. The molecule has 0 aliphatic rings. The molecule has 0 rings (SSSR count). The molecule has 0 saturated carbocycles. The lowest BCUT2D eigenvalue weighted by atomic mass is 10.4. The van der Waals surface area contributed by atoms with Crippen molar-refractivity contribution in [2.24, 2.45) is 0 Å². The van der Waals surface area contributed by atoms with E-state index in [0.29, 0.717) is 4.59 Å². The Kier molecular flexibility index (Phi) is 6.90. The third-order valence-electron chi connectivity index (χ3n) is 1.59. The molecule has 78 valence electrons. The van der Waals surface area contributed by atoms with Crippen molar-refractivity contribution in [2.75, 3.05) is 27.7 Å². The predicted molar refractivity (Wildman–Crippen MR) is 50.2 cm³/mol. The molecule has 0 aromatic heterocycles. The van der Waals surface area contributed by atoms with Crippen LogP contribution in [0.2, 0.25) is 0 Å². The fraction of sp³-hybridized carbons (Fsp3) is 0.667. The first-order valence-electron chi connectivity index (χ1n) is 4.19. The molecule has 0 fully saturated rings. The first kappa shape index (κ1) is 15.0. The van der Waals surface area contributed by atoms with Gasteiger partial charge in [0.05, 0.1) is 27.7 Å². The lowest BCUT2D eigenvalue weighted by molar-refractivity contribution is -0.973. The predicted octanol–water partition coefficient (Wildman–Crippen LogP) is -1.96. The normalized spacial score (nSPS) is 10.2. The van der Waals surface area contributed by atoms with Gasteiger partial charge in [-0.1, -0.05) is 13.5 Å².